The third-order valence-electron chi connectivity index (χ3n) is 10.2. The fourth-order valence-corrected chi connectivity index (χ4v) is 8.11. The van der Waals surface area contributed by atoms with Gasteiger partial charge in [0.05, 0.1) is 30.3 Å². The second kappa shape index (κ2) is 14.9. The predicted molar refractivity (Wildman–Crippen MR) is 175 cm³/mol. The molecule has 1 saturated heterocycles. The van der Waals surface area contributed by atoms with Crippen molar-refractivity contribution in [3.63, 3.8) is 0 Å². The van der Waals surface area contributed by atoms with Crippen molar-refractivity contribution in [3.8, 4) is 0 Å². The number of hydrogen-bond acceptors (Lipinski definition) is 13. The van der Waals surface area contributed by atoms with Gasteiger partial charge in [0, 0.05) is 32.3 Å². The summed E-state index contributed by atoms with van der Waals surface area (Å²) in [5.74, 6) is -3.75. The van der Waals surface area contributed by atoms with Crippen molar-refractivity contribution in [3.05, 3.63) is 11.1 Å². The highest BCUT2D eigenvalue weighted by Gasteiger charge is 2.72. The maximum absolute atomic E-state index is 14.4. The lowest BCUT2D eigenvalue weighted by molar-refractivity contribution is -0.331. The number of fused-ring (bicyclic) bond motifs is 3. The summed E-state index contributed by atoms with van der Waals surface area (Å²) in [4.78, 5) is 52.7. The zero-order chi connectivity index (χ0) is 37.4. The average molecular weight is 700 g/mol. The molecule has 3 fully saturated rings. The molecule has 1 aliphatic heterocycles. The number of amides is 1. The van der Waals surface area contributed by atoms with Crippen LogP contribution in [0.1, 0.15) is 94.9 Å². The van der Waals surface area contributed by atoms with E-state index in [-0.39, 0.29) is 49.4 Å². The van der Waals surface area contributed by atoms with Crippen LogP contribution in [-0.4, -0.2) is 116 Å². The summed E-state index contributed by atoms with van der Waals surface area (Å²) in [6.07, 6.45) is -9.33. The average Bonchev–Trinajstić information content (AvgIpc) is 2.94. The zero-order valence-electron chi connectivity index (χ0n) is 30.4. The molecule has 3 aliphatic rings. The van der Waals surface area contributed by atoms with Crippen molar-refractivity contribution in [2.75, 3.05) is 13.2 Å². The molecule has 0 spiro atoms. The van der Waals surface area contributed by atoms with E-state index in [0.29, 0.717) is 0 Å². The number of carbonyl (C=O) groups is 4. The number of Topliss-reactive ketones (excluding diaryl/α,β-unsaturated/α-hetero) is 1. The monoisotopic (exact) mass is 699 g/mol. The first-order valence-electron chi connectivity index (χ1n) is 17.0. The Morgan fingerprint density at radius 1 is 1.08 bits per heavy atom. The number of nitrogens with one attached hydrogen (secondary N) is 1. The number of ketones is 1. The minimum atomic E-state index is -1.86. The lowest BCUT2D eigenvalue weighted by Crippen LogP contribution is -2.78. The number of carbonyl (C=O) groups excluding carboxylic acids is 4. The van der Waals surface area contributed by atoms with Gasteiger partial charge in [-0.15, -0.1) is 0 Å². The number of aliphatic hydroxyl groups excluding tert-OH is 5. The first-order chi connectivity index (χ1) is 22.4. The van der Waals surface area contributed by atoms with E-state index < -0.39 is 101 Å². The Kier molecular flexibility index (Phi) is 12.4. The summed E-state index contributed by atoms with van der Waals surface area (Å²) >= 11 is 0. The maximum Gasteiger partial charge on any atom is 0.407 e. The van der Waals surface area contributed by atoms with Gasteiger partial charge in [0.25, 0.3) is 0 Å². The fourth-order valence-electron chi connectivity index (χ4n) is 8.11. The summed E-state index contributed by atoms with van der Waals surface area (Å²) in [6, 6.07) is -1.08. The number of ether oxygens (including phenoxy) is 4. The van der Waals surface area contributed by atoms with Crippen LogP contribution in [0.25, 0.3) is 0 Å². The van der Waals surface area contributed by atoms with Gasteiger partial charge in [-0.25, -0.2) is 9.59 Å². The second-order valence-corrected chi connectivity index (χ2v) is 16.1. The van der Waals surface area contributed by atoms with Gasteiger partial charge in [-0.1, -0.05) is 27.7 Å². The number of aliphatic hydroxyl groups is 5. The molecular weight excluding hydrogens is 642 g/mol. The van der Waals surface area contributed by atoms with Crippen LogP contribution in [0.2, 0.25) is 0 Å². The third kappa shape index (κ3) is 8.31. The molecule has 6 N–H and O–H groups in total. The molecule has 14 nitrogen and oxygen atoms in total. The highest BCUT2D eigenvalue weighted by molar-refractivity contribution is 5.93. The topological polar surface area (TPSA) is 218 Å². The Hall–Kier alpha value is -2.62. The van der Waals surface area contributed by atoms with Gasteiger partial charge in [-0.2, -0.15) is 0 Å². The van der Waals surface area contributed by atoms with E-state index in [4.69, 9.17) is 18.9 Å². The number of rotatable bonds is 10. The molecule has 0 aromatic rings. The van der Waals surface area contributed by atoms with E-state index in [1.807, 2.05) is 13.8 Å². The molecule has 10 atom stereocenters. The van der Waals surface area contributed by atoms with Crippen LogP contribution in [0.5, 0.6) is 0 Å². The maximum atomic E-state index is 14.4. The van der Waals surface area contributed by atoms with E-state index in [0.717, 1.165) is 0 Å². The molecule has 3 rings (SSSR count). The number of esters is 2. The lowest BCUT2D eigenvalue weighted by Gasteiger charge is -2.64. The second-order valence-electron chi connectivity index (χ2n) is 16.1. The molecule has 2 aliphatic carbocycles. The van der Waals surface area contributed by atoms with Crippen molar-refractivity contribution < 1.29 is 63.7 Å². The van der Waals surface area contributed by atoms with Crippen LogP contribution in [-0.2, 0) is 33.3 Å². The highest BCUT2D eigenvalue weighted by atomic mass is 16.6. The van der Waals surface area contributed by atoms with E-state index in [2.05, 4.69) is 5.32 Å². The van der Waals surface area contributed by atoms with Gasteiger partial charge in [0.2, 0.25) is 0 Å². The van der Waals surface area contributed by atoms with E-state index in [9.17, 15) is 44.7 Å². The van der Waals surface area contributed by atoms with Gasteiger partial charge in [-0.3, -0.25) is 9.59 Å². The third-order valence-corrected chi connectivity index (χ3v) is 10.2. The smallest absolute Gasteiger partial charge is 0.407 e. The summed E-state index contributed by atoms with van der Waals surface area (Å²) < 4.78 is 22.4. The minimum absolute atomic E-state index is 0.0510. The van der Waals surface area contributed by atoms with Crippen molar-refractivity contribution in [1.82, 2.24) is 5.32 Å². The number of alkyl carbamates (subject to hydrolysis) is 1. The van der Waals surface area contributed by atoms with Crippen LogP contribution < -0.4 is 5.32 Å². The largest absolute Gasteiger partial charge is 0.456 e. The molecule has 49 heavy (non-hydrogen) atoms. The highest BCUT2D eigenvalue weighted by Crippen LogP contribution is 2.59. The van der Waals surface area contributed by atoms with E-state index in [1.165, 1.54) is 20.8 Å². The quantitative estimate of drug-likeness (QED) is 0.109. The minimum Gasteiger partial charge on any atom is -0.456 e. The predicted octanol–water partition coefficient (Wildman–Crippen LogP) is 1.71. The molecule has 14 heteroatoms. The molecule has 0 bridgehead atoms. The Labute approximate surface area is 288 Å². The standard InChI is InChI=1S/C35H57NO13/c1-17(2)13-20(36-31(45)49-32(5,6)7)26(41)30(44)47-22(11-12-37)18(3)25-27(42)29(43)34(10)23(40)14-24-35(16-46-24,48-19(4)38)28(34)21(39)15-33(25,8)9/h17,20-24,26-28,37,39-42H,11-16H2,1-10H3,(H,36,45)/b25-18-/t20-,21+,22-,23?,24?,26?,27+,28-,34?,35-/m0/s1. The van der Waals surface area contributed by atoms with Crippen LogP contribution in [0.3, 0.4) is 0 Å². The fraction of sp³-hybridized carbons (Fsp3) is 0.829. The summed E-state index contributed by atoms with van der Waals surface area (Å²) in [5, 5.41) is 58.7. The van der Waals surface area contributed by atoms with Crippen molar-refractivity contribution in [2.45, 2.75) is 149 Å². The Bertz CT molecular complexity index is 1290. The van der Waals surface area contributed by atoms with Gasteiger partial charge < -0.3 is 49.8 Å². The van der Waals surface area contributed by atoms with Crippen molar-refractivity contribution in [2.24, 2.45) is 22.7 Å². The van der Waals surface area contributed by atoms with Crippen molar-refractivity contribution >= 4 is 23.8 Å². The molecular formula is C35H57NO13. The van der Waals surface area contributed by atoms with Crippen LogP contribution >= 0.6 is 0 Å². The van der Waals surface area contributed by atoms with Crippen molar-refractivity contribution in [1.29, 1.82) is 0 Å². The first kappa shape index (κ1) is 40.8. The van der Waals surface area contributed by atoms with Crippen LogP contribution in [0.15, 0.2) is 11.1 Å². The van der Waals surface area contributed by atoms with Crippen LogP contribution in [0, 0.1) is 22.7 Å². The molecule has 280 valence electrons. The summed E-state index contributed by atoms with van der Waals surface area (Å²) in [6.45, 7) is 15.7. The molecule has 0 aromatic carbocycles. The summed E-state index contributed by atoms with van der Waals surface area (Å²) in [5.41, 5.74) is -4.83. The molecule has 0 radical (unpaired) electrons. The molecule has 1 heterocycles. The van der Waals surface area contributed by atoms with E-state index in [1.54, 1.807) is 34.6 Å². The Morgan fingerprint density at radius 3 is 2.18 bits per heavy atom. The number of hydrogen-bond donors (Lipinski definition) is 6. The molecule has 0 aromatic heterocycles. The van der Waals surface area contributed by atoms with Gasteiger partial charge in [-0.05, 0) is 69.9 Å². The molecule has 2 saturated carbocycles. The Balaban J connectivity index is 2.02. The zero-order valence-corrected chi connectivity index (χ0v) is 30.4. The van der Waals surface area contributed by atoms with Gasteiger partial charge >= 0.3 is 18.0 Å². The Morgan fingerprint density at radius 2 is 1.69 bits per heavy atom. The lowest BCUT2D eigenvalue weighted by atomic mass is 9.49. The van der Waals surface area contributed by atoms with Crippen LogP contribution in [0.4, 0.5) is 4.79 Å². The van der Waals surface area contributed by atoms with Gasteiger partial charge in [0.15, 0.2) is 17.5 Å². The SMILES string of the molecule is CC(=O)O[C@@]12COC1CC(O)C1(C)C(=O)[C@H](O)/C(=C(\C)[C@H](CCO)OC(=O)C(O)[C@H](CC(C)C)NC(=O)OC(C)(C)C)C(C)(C)C[C@@H](O)[C@@H]12. The summed E-state index contributed by atoms with van der Waals surface area (Å²) in [7, 11) is 0. The first-order valence-corrected chi connectivity index (χ1v) is 17.0. The van der Waals surface area contributed by atoms with E-state index >= 15 is 0 Å². The molecule has 4 unspecified atom stereocenters. The normalized spacial score (nSPS) is 34.1. The van der Waals surface area contributed by atoms with Gasteiger partial charge in [0.1, 0.15) is 23.9 Å². The molecule has 1 amide bonds.